The molecule has 5 nitrogen and oxygen atoms in total. The number of para-hydroxylation sites is 1. The fraction of sp³-hybridized carbons (Fsp3) is 0.562. The van der Waals surface area contributed by atoms with E-state index in [9.17, 15) is 13.2 Å². The van der Waals surface area contributed by atoms with Crippen LogP contribution in [0.4, 0.5) is 5.69 Å². The van der Waals surface area contributed by atoms with Crippen molar-refractivity contribution < 1.29 is 13.2 Å². The number of carbonyl (C=O) groups is 1. The van der Waals surface area contributed by atoms with Crippen molar-refractivity contribution in [1.82, 2.24) is 4.90 Å². The quantitative estimate of drug-likeness (QED) is 0.782. The molecule has 1 aromatic rings. The number of rotatable bonds is 6. The molecule has 0 aliphatic carbocycles. The Balaban J connectivity index is 2.10. The zero-order valence-corrected chi connectivity index (χ0v) is 15.1. The summed E-state index contributed by atoms with van der Waals surface area (Å²) >= 11 is 6.21. The molecule has 128 valence electrons. The van der Waals surface area contributed by atoms with Gasteiger partial charge < -0.3 is 9.80 Å². The van der Waals surface area contributed by atoms with Gasteiger partial charge in [0.15, 0.2) is 9.84 Å². The summed E-state index contributed by atoms with van der Waals surface area (Å²) < 4.78 is 23.3. The van der Waals surface area contributed by atoms with Gasteiger partial charge in [-0.2, -0.15) is 0 Å². The normalized spacial score (nSPS) is 19.5. The van der Waals surface area contributed by atoms with Crippen molar-refractivity contribution in [2.45, 2.75) is 26.3 Å². The van der Waals surface area contributed by atoms with E-state index < -0.39 is 9.84 Å². The van der Waals surface area contributed by atoms with E-state index in [2.05, 4.69) is 0 Å². The molecule has 1 aliphatic heterocycles. The molecule has 1 heterocycles. The van der Waals surface area contributed by atoms with Crippen LogP contribution in [0.3, 0.4) is 0 Å². The summed E-state index contributed by atoms with van der Waals surface area (Å²) in [6.07, 6.45) is 0.528. The number of anilines is 1. The number of hydrogen-bond donors (Lipinski definition) is 0. The number of nitrogens with zero attached hydrogens (tertiary/aromatic N) is 2. The largest absolute Gasteiger partial charge is 0.361 e. The van der Waals surface area contributed by atoms with Gasteiger partial charge in [0.25, 0.3) is 0 Å². The summed E-state index contributed by atoms with van der Waals surface area (Å²) in [5, 5.41) is 0.605. The van der Waals surface area contributed by atoms with Crippen LogP contribution >= 0.6 is 11.6 Å². The number of benzene rings is 1. The summed E-state index contributed by atoms with van der Waals surface area (Å²) in [6, 6.07) is 7.21. The van der Waals surface area contributed by atoms with Crippen LogP contribution in [0.25, 0.3) is 0 Å². The van der Waals surface area contributed by atoms with E-state index in [0.29, 0.717) is 24.5 Å². The molecule has 0 radical (unpaired) electrons. The minimum atomic E-state index is -3.01. The molecule has 0 saturated carbocycles. The molecular formula is C16H23ClN2O3S. The van der Waals surface area contributed by atoms with Crippen LogP contribution < -0.4 is 4.90 Å². The molecule has 23 heavy (non-hydrogen) atoms. The van der Waals surface area contributed by atoms with Gasteiger partial charge in [0.1, 0.15) is 0 Å². The molecule has 1 aromatic carbocycles. The third-order valence-corrected chi connectivity index (χ3v) is 6.28. The number of carbonyl (C=O) groups excluding carboxylic acids is 1. The van der Waals surface area contributed by atoms with Gasteiger partial charge in [-0.25, -0.2) is 8.42 Å². The summed E-state index contributed by atoms with van der Waals surface area (Å²) in [5.41, 5.74) is 0.820. The Morgan fingerprint density at radius 2 is 1.96 bits per heavy atom. The van der Waals surface area contributed by atoms with Gasteiger partial charge in [-0.3, -0.25) is 4.79 Å². The van der Waals surface area contributed by atoms with Crippen molar-refractivity contribution in [2.75, 3.05) is 36.0 Å². The van der Waals surface area contributed by atoms with Gasteiger partial charge in [0.2, 0.25) is 5.91 Å². The highest BCUT2D eigenvalue weighted by Gasteiger charge is 2.34. The van der Waals surface area contributed by atoms with Crippen LogP contribution in [0.2, 0.25) is 5.02 Å². The molecule has 0 aromatic heterocycles. The molecule has 1 saturated heterocycles. The van der Waals surface area contributed by atoms with E-state index in [-0.39, 0.29) is 30.0 Å². The summed E-state index contributed by atoms with van der Waals surface area (Å²) in [4.78, 5) is 16.3. The number of amides is 1. The standard InChI is InChI=1S/C16H23ClN2O3S/c1-3-18(15-8-6-5-7-14(15)17)11-16(20)19(4-2)13-9-10-23(21,22)12-13/h5-8,13H,3-4,9-12H2,1-2H3/t13-/m0/s1. The highest BCUT2D eigenvalue weighted by atomic mass is 35.5. The fourth-order valence-electron chi connectivity index (χ4n) is 2.99. The average Bonchev–Trinajstić information content (AvgIpc) is 2.86. The van der Waals surface area contributed by atoms with Crippen LogP contribution in [-0.4, -0.2) is 56.4 Å². The van der Waals surface area contributed by atoms with E-state index in [1.807, 2.05) is 36.9 Å². The molecule has 1 fully saturated rings. The first kappa shape index (κ1) is 18.1. The Morgan fingerprint density at radius 1 is 1.26 bits per heavy atom. The monoisotopic (exact) mass is 358 g/mol. The predicted octanol–water partition coefficient (Wildman–Crippen LogP) is 2.20. The Kier molecular flexibility index (Phi) is 5.92. The van der Waals surface area contributed by atoms with Crippen LogP contribution in [0.5, 0.6) is 0 Å². The molecule has 7 heteroatoms. The zero-order valence-electron chi connectivity index (χ0n) is 13.5. The summed E-state index contributed by atoms with van der Waals surface area (Å²) in [5.74, 6) is 0.185. The minimum absolute atomic E-state index is 0.0589. The van der Waals surface area contributed by atoms with E-state index in [4.69, 9.17) is 11.6 Å². The molecular weight excluding hydrogens is 336 g/mol. The zero-order chi connectivity index (χ0) is 17.0. The van der Waals surface area contributed by atoms with E-state index in [1.54, 1.807) is 11.0 Å². The first-order chi connectivity index (χ1) is 10.9. The number of sulfone groups is 1. The fourth-order valence-corrected chi connectivity index (χ4v) is 4.97. The topological polar surface area (TPSA) is 57.7 Å². The molecule has 0 unspecified atom stereocenters. The van der Waals surface area contributed by atoms with Crippen molar-refractivity contribution in [2.24, 2.45) is 0 Å². The Labute approximate surface area is 143 Å². The van der Waals surface area contributed by atoms with Gasteiger partial charge in [-0.1, -0.05) is 23.7 Å². The van der Waals surface area contributed by atoms with E-state index in [1.165, 1.54) is 0 Å². The van der Waals surface area contributed by atoms with Crippen LogP contribution in [0, 0.1) is 0 Å². The number of halogens is 1. The minimum Gasteiger partial charge on any atom is -0.361 e. The lowest BCUT2D eigenvalue weighted by Gasteiger charge is -2.31. The maximum atomic E-state index is 12.7. The van der Waals surface area contributed by atoms with Gasteiger partial charge in [-0.05, 0) is 32.4 Å². The lowest BCUT2D eigenvalue weighted by atomic mass is 10.2. The van der Waals surface area contributed by atoms with Crippen molar-refractivity contribution in [3.63, 3.8) is 0 Å². The highest BCUT2D eigenvalue weighted by Crippen LogP contribution is 2.25. The first-order valence-electron chi connectivity index (χ1n) is 7.87. The molecule has 1 atom stereocenters. The van der Waals surface area contributed by atoms with Crippen molar-refractivity contribution in [1.29, 1.82) is 0 Å². The smallest absolute Gasteiger partial charge is 0.242 e. The van der Waals surface area contributed by atoms with Crippen LogP contribution in [0.15, 0.2) is 24.3 Å². The van der Waals surface area contributed by atoms with Crippen LogP contribution in [-0.2, 0) is 14.6 Å². The summed E-state index contributed by atoms with van der Waals surface area (Å²) in [6.45, 7) is 5.21. The average molecular weight is 359 g/mol. The van der Waals surface area contributed by atoms with Gasteiger partial charge in [0, 0.05) is 19.1 Å². The third kappa shape index (κ3) is 4.38. The van der Waals surface area contributed by atoms with E-state index >= 15 is 0 Å². The van der Waals surface area contributed by atoms with Gasteiger partial charge in [0.05, 0.1) is 28.8 Å². The second-order valence-electron chi connectivity index (χ2n) is 5.70. The van der Waals surface area contributed by atoms with Gasteiger partial charge >= 0.3 is 0 Å². The Bertz CT molecular complexity index is 663. The maximum absolute atomic E-state index is 12.7. The third-order valence-electron chi connectivity index (χ3n) is 4.21. The lowest BCUT2D eigenvalue weighted by molar-refractivity contribution is -0.131. The first-order valence-corrected chi connectivity index (χ1v) is 10.1. The molecule has 2 rings (SSSR count). The van der Waals surface area contributed by atoms with Crippen molar-refractivity contribution in [3.8, 4) is 0 Å². The highest BCUT2D eigenvalue weighted by molar-refractivity contribution is 7.91. The molecule has 0 N–H and O–H groups in total. The second kappa shape index (κ2) is 7.53. The van der Waals surface area contributed by atoms with Crippen molar-refractivity contribution in [3.05, 3.63) is 29.3 Å². The summed E-state index contributed by atoms with van der Waals surface area (Å²) in [7, 11) is -3.01. The molecule has 0 bridgehead atoms. The molecule has 1 amide bonds. The number of hydrogen-bond acceptors (Lipinski definition) is 4. The van der Waals surface area contributed by atoms with Crippen molar-refractivity contribution >= 4 is 33.0 Å². The maximum Gasteiger partial charge on any atom is 0.242 e. The Hall–Kier alpha value is -1.27. The SMILES string of the molecule is CCN(CC(=O)N(CC)[C@H]1CCS(=O)(=O)C1)c1ccccc1Cl. The Morgan fingerprint density at radius 3 is 2.48 bits per heavy atom. The van der Waals surface area contributed by atoms with Crippen LogP contribution in [0.1, 0.15) is 20.3 Å². The lowest BCUT2D eigenvalue weighted by Crippen LogP contribution is -2.46. The predicted molar refractivity (Wildman–Crippen MR) is 93.8 cm³/mol. The molecule has 0 spiro atoms. The molecule has 1 aliphatic rings. The number of likely N-dealkylation sites (N-methyl/N-ethyl adjacent to an activating group) is 2. The van der Waals surface area contributed by atoms with E-state index in [0.717, 1.165) is 5.69 Å². The second-order valence-corrected chi connectivity index (χ2v) is 8.34. The van der Waals surface area contributed by atoms with Gasteiger partial charge in [-0.15, -0.1) is 0 Å².